The Bertz CT molecular complexity index is 511. The number of pyridine rings is 1. The van der Waals surface area contributed by atoms with Gasteiger partial charge in [0.1, 0.15) is 0 Å². The summed E-state index contributed by atoms with van der Waals surface area (Å²) < 4.78 is 24.7. The lowest BCUT2D eigenvalue weighted by Crippen LogP contribution is -2.21. The molecule has 0 aliphatic carbocycles. The van der Waals surface area contributed by atoms with E-state index >= 15 is 0 Å². The maximum atomic E-state index is 12.4. The number of hydrogen-bond acceptors (Lipinski definition) is 4. The Kier molecular flexibility index (Phi) is 2.97. The fourth-order valence-corrected chi connectivity index (χ4v) is 1.05. The molecule has 3 N–H and O–H groups in total. The number of carbonyl (C=O) groups excluding carboxylic acids is 1. The van der Waals surface area contributed by atoms with Gasteiger partial charge in [0.2, 0.25) is 0 Å². The maximum absolute atomic E-state index is 12.4. The van der Waals surface area contributed by atoms with Gasteiger partial charge in [-0.25, -0.2) is 8.78 Å². The molecule has 1 aromatic rings. The number of rotatable bonds is 3. The minimum absolute atomic E-state index is 0.433. The lowest BCUT2D eigenvalue weighted by molar-refractivity contribution is -0.386. The zero-order chi connectivity index (χ0) is 12.5. The van der Waals surface area contributed by atoms with Crippen LogP contribution in [0, 0.1) is 10.1 Å². The third-order valence-electron chi connectivity index (χ3n) is 1.73. The number of aromatic amines is 1. The highest BCUT2D eigenvalue weighted by Crippen LogP contribution is 2.21. The van der Waals surface area contributed by atoms with Crippen LogP contribution in [0.15, 0.2) is 10.9 Å². The second kappa shape index (κ2) is 4.04. The summed E-state index contributed by atoms with van der Waals surface area (Å²) in [5, 5.41) is 10.3. The highest BCUT2D eigenvalue weighted by Gasteiger charge is 2.24. The summed E-state index contributed by atoms with van der Waals surface area (Å²) in [6, 6.07) is 0.433. The largest absolute Gasteiger partial charge is 0.366 e. The van der Waals surface area contributed by atoms with Crippen molar-refractivity contribution in [2.75, 3.05) is 0 Å². The van der Waals surface area contributed by atoms with Crippen molar-refractivity contribution >= 4 is 11.6 Å². The van der Waals surface area contributed by atoms with Gasteiger partial charge in [-0.15, -0.1) is 0 Å². The van der Waals surface area contributed by atoms with Gasteiger partial charge in [0.25, 0.3) is 12.3 Å². The molecule has 0 radical (unpaired) electrons. The van der Waals surface area contributed by atoms with E-state index in [1.54, 1.807) is 4.98 Å². The van der Waals surface area contributed by atoms with E-state index in [1.165, 1.54) is 0 Å². The Hall–Kier alpha value is -2.32. The van der Waals surface area contributed by atoms with Crippen molar-refractivity contribution in [3.05, 3.63) is 37.8 Å². The Morgan fingerprint density at radius 2 is 2.12 bits per heavy atom. The van der Waals surface area contributed by atoms with E-state index in [1.807, 2.05) is 0 Å². The van der Waals surface area contributed by atoms with Crippen LogP contribution < -0.4 is 11.3 Å². The smallest absolute Gasteiger partial charge is 0.334 e. The molecule has 1 amide bonds. The molecule has 1 aromatic heterocycles. The molecule has 0 aliphatic heterocycles. The molecule has 0 spiro atoms. The fraction of sp³-hybridized carbons (Fsp3) is 0.143. The van der Waals surface area contributed by atoms with E-state index < -0.39 is 39.8 Å². The van der Waals surface area contributed by atoms with Gasteiger partial charge in [0, 0.05) is 6.07 Å². The summed E-state index contributed by atoms with van der Waals surface area (Å²) in [5.41, 5.74) is 0.623. The number of nitro groups is 1. The van der Waals surface area contributed by atoms with Gasteiger partial charge < -0.3 is 10.7 Å². The molecular weight excluding hydrogens is 228 g/mol. The van der Waals surface area contributed by atoms with Crippen LogP contribution in [-0.2, 0) is 0 Å². The molecule has 0 aromatic carbocycles. The number of carbonyl (C=O) groups is 1. The van der Waals surface area contributed by atoms with Gasteiger partial charge in [0.05, 0.1) is 16.2 Å². The monoisotopic (exact) mass is 233 g/mol. The molecule has 1 heterocycles. The van der Waals surface area contributed by atoms with Crippen molar-refractivity contribution in [3.8, 4) is 0 Å². The second-order valence-corrected chi connectivity index (χ2v) is 2.73. The Morgan fingerprint density at radius 3 is 2.50 bits per heavy atom. The number of hydrogen-bond donors (Lipinski definition) is 2. The standard InChI is InChI=1S/C7H5F2N3O4/c8-5(9)4-2(6(10)13)1-3(12(15)16)7(14)11-4/h1,5H,(H2,10,13)(H,11,14). The maximum Gasteiger partial charge on any atom is 0.334 e. The predicted molar refractivity (Wildman–Crippen MR) is 47.2 cm³/mol. The van der Waals surface area contributed by atoms with E-state index in [0.29, 0.717) is 6.07 Å². The molecule has 0 bridgehead atoms. The number of nitrogens with two attached hydrogens (primary N) is 1. The minimum Gasteiger partial charge on any atom is -0.366 e. The lowest BCUT2D eigenvalue weighted by atomic mass is 10.1. The zero-order valence-electron chi connectivity index (χ0n) is 7.57. The second-order valence-electron chi connectivity index (χ2n) is 2.73. The van der Waals surface area contributed by atoms with Crippen molar-refractivity contribution in [1.82, 2.24) is 4.98 Å². The van der Waals surface area contributed by atoms with E-state index in [2.05, 4.69) is 0 Å². The molecule has 0 aliphatic rings. The molecule has 16 heavy (non-hydrogen) atoms. The SMILES string of the molecule is NC(=O)c1cc([N+](=O)[O-])c(=O)[nH]c1C(F)F. The number of nitrogens with one attached hydrogen (secondary N) is 1. The molecule has 0 saturated carbocycles. The van der Waals surface area contributed by atoms with Crippen molar-refractivity contribution in [2.24, 2.45) is 5.73 Å². The van der Waals surface area contributed by atoms with E-state index in [0.717, 1.165) is 0 Å². The topological polar surface area (TPSA) is 119 Å². The van der Waals surface area contributed by atoms with Crippen molar-refractivity contribution in [3.63, 3.8) is 0 Å². The van der Waals surface area contributed by atoms with Gasteiger partial charge in [-0.3, -0.25) is 19.7 Å². The quantitative estimate of drug-likeness (QED) is 0.576. The summed E-state index contributed by atoms with van der Waals surface area (Å²) in [5.74, 6) is -1.28. The number of primary amides is 1. The first-order valence-electron chi connectivity index (χ1n) is 3.84. The van der Waals surface area contributed by atoms with Crippen molar-refractivity contribution < 1.29 is 18.5 Å². The molecular formula is C7H5F2N3O4. The van der Waals surface area contributed by atoms with Crippen molar-refractivity contribution in [2.45, 2.75) is 6.43 Å². The predicted octanol–water partition coefficient (Wildman–Crippen LogP) is 0.320. The fourth-order valence-electron chi connectivity index (χ4n) is 1.05. The lowest BCUT2D eigenvalue weighted by Gasteiger charge is -2.04. The van der Waals surface area contributed by atoms with Crippen LogP contribution in [0.3, 0.4) is 0 Å². The molecule has 0 unspecified atom stereocenters. The molecule has 1 rings (SSSR count). The summed E-state index contributed by atoms with van der Waals surface area (Å²) in [7, 11) is 0. The third-order valence-corrected chi connectivity index (χ3v) is 1.73. The number of nitrogens with zero attached hydrogens (tertiary/aromatic N) is 1. The van der Waals surface area contributed by atoms with Crippen LogP contribution in [0.4, 0.5) is 14.5 Å². The van der Waals surface area contributed by atoms with Gasteiger partial charge in [-0.2, -0.15) is 0 Å². The first kappa shape index (κ1) is 11.8. The summed E-state index contributed by atoms with van der Waals surface area (Å²) in [6.07, 6.45) is -3.16. The Morgan fingerprint density at radius 1 is 1.56 bits per heavy atom. The van der Waals surface area contributed by atoms with Crippen LogP contribution in [0.1, 0.15) is 22.5 Å². The Labute approximate surface area is 86.0 Å². The van der Waals surface area contributed by atoms with Gasteiger partial charge in [0.15, 0.2) is 0 Å². The van der Waals surface area contributed by atoms with E-state index in [4.69, 9.17) is 5.73 Å². The van der Waals surface area contributed by atoms with Crippen LogP contribution in [-0.4, -0.2) is 15.8 Å². The average Bonchev–Trinajstić information content (AvgIpc) is 2.15. The molecule has 0 saturated heterocycles. The van der Waals surface area contributed by atoms with Gasteiger partial charge >= 0.3 is 11.2 Å². The van der Waals surface area contributed by atoms with Crippen molar-refractivity contribution in [1.29, 1.82) is 0 Å². The summed E-state index contributed by atoms with van der Waals surface area (Å²) in [4.78, 5) is 32.5. The molecule has 86 valence electrons. The number of halogens is 2. The van der Waals surface area contributed by atoms with Gasteiger partial charge in [-0.05, 0) is 0 Å². The number of alkyl halides is 2. The highest BCUT2D eigenvalue weighted by molar-refractivity contribution is 5.94. The normalized spacial score (nSPS) is 10.4. The third kappa shape index (κ3) is 2.02. The first-order chi connectivity index (χ1) is 7.34. The number of aromatic nitrogens is 1. The molecule has 7 nitrogen and oxygen atoms in total. The van der Waals surface area contributed by atoms with Crippen LogP contribution in [0.2, 0.25) is 0 Å². The number of H-pyrrole nitrogens is 1. The van der Waals surface area contributed by atoms with Crippen LogP contribution >= 0.6 is 0 Å². The summed E-state index contributed by atoms with van der Waals surface area (Å²) >= 11 is 0. The zero-order valence-corrected chi connectivity index (χ0v) is 7.57. The summed E-state index contributed by atoms with van der Waals surface area (Å²) in [6.45, 7) is 0. The van der Waals surface area contributed by atoms with Crippen LogP contribution in [0.25, 0.3) is 0 Å². The Balaban J connectivity index is 3.56. The van der Waals surface area contributed by atoms with E-state index in [9.17, 15) is 28.5 Å². The molecule has 9 heteroatoms. The minimum atomic E-state index is -3.16. The molecule has 0 atom stereocenters. The molecule has 0 fully saturated rings. The first-order valence-corrected chi connectivity index (χ1v) is 3.84. The number of amides is 1. The highest BCUT2D eigenvalue weighted by atomic mass is 19.3. The van der Waals surface area contributed by atoms with E-state index in [-0.39, 0.29) is 0 Å². The average molecular weight is 233 g/mol. The van der Waals surface area contributed by atoms with Gasteiger partial charge in [-0.1, -0.05) is 0 Å². The van der Waals surface area contributed by atoms with Crippen LogP contribution in [0.5, 0.6) is 0 Å².